The van der Waals surface area contributed by atoms with Crippen LogP contribution in [0, 0.1) is 11.3 Å². The summed E-state index contributed by atoms with van der Waals surface area (Å²) >= 11 is 28.8. The van der Waals surface area contributed by atoms with E-state index >= 15 is 0 Å². The van der Waals surface area contributed by atoms with Crippen LogP contribution in [0.2, 0.25) is 20.1 Å². The number of aromatic carboxylic acids is 1. The lowest BCUT2D eigenvalue weighted by atomic mass is 10.1. The first kappa shape index (κ1) is 66.9. The summed E-state index contributed by atoms with van der Waals surface area (Å²) in [7, 11) is -3.49. The number of thiophene rings is 3. The number of aromatic nitrogens is 16. The number of rotatable bonds is 21. The Morgan fingerprint density at radius 3 is 1.31 bits per heavy atom. The van der Waals surface area contributed by atoms with Crippen LogP contribution in [0.5, 0.6) is 0 Å². The zero-order valence-electron chi connectivity index (χ0n) is 51.8. The highest BCUT2D eigenvalue weighted by molar-refractivity contribution is 7.91. The van der Waals surface area contributed by atoms with Gasteiger partial charge in [-0.1, -0.05) is 58.5 Å². The first-order chi connectivity index (χ1) is 48.0. The Balaban J connectivity index is 0.000000136. The van der Waals surface area contributed by atoms with E-state index in [1.54, 1.807) is 54.1 Å². The molecule has 5 aliphatic rings. The quantitative estimate of drug-likeness (QED) is 0.0318. The first-order valence-corrected chi connectivity index (χ1v) is 36.6. The van der Waals surface area contributed by atoms with Crippen molar-refractivity contribution in [1.29, 1.82) is 5.26 Å². The van der Waals surface area contributed by atoms with Crippen molar-refractivity contribution in [3.63, 3.8) is 0 Å². The molecule has 11 heterocycles. The van der Waals surface area contributed by atoms with Crippen LogP contribution >= 0.6 is 80.4 Å². The topological polar surface area (TPSA) is 399 Å². The van der Waals surface area contributed by atoms with E-state index in [0.29, 0.717) is 135 Å². The molecule has 27 nitrogen and oxygen atoms in total. The molecule has 12 N–H and O–H groups in total. The summed E-state index contributed by atoms with van der Waals surface area (Å²) in [6, 6.07) is 27.3. The molecule has 5 aliphatic carbocycles. The molecule has 0 spiro atoms. The molecule has 99 heavy (non-hydrogen) atoms. The van der Waals surface area contributed by atoms with Gasteiger partial charge in [-0.2, -0.15) is 25.7 Å². The lowest BCUT2D eigenvalue weighted by Gasteiger charge is -2.07. The van der Waals surface area contributed by atoms with Crippen molar-refractivity contribution in [1.82, 2.24) is 85.4 Å². The second-order valence-corrected chi connectivity index (χ2v) is 30.5. The van der Waals surface area contributed by atoms with Gasteiger partial charge in [0.15, 0.2) is 69.8 Å². The number of hydrogen-bond donors (Lipinski definition) is 11. The van der Waals surface area contributed by atoms with Crippen LogP contribution in [0.15, 0.2) is 114 Å². The molecule has 1 aromatic carbocycles. The van der Waals surface area contributed by atoms with Crippen molar-refractivity contribution in [3.05, 3.63) is 168 Å². The van der Waals surface area contributed by atoms with Gasteiger partial charge in [-0.3, -0.25) is 20.4 Å². The van der Waals surface area contributed by atoms with Crippen molar-refractivity contribution in [2.75, 3.05) is 21.3 Å². The number of nitrogens with two attached hydrogens (primary N) is 1. The number of carboxylic acid groups (broad SMARTS) is 1. The predicted molar refractivity (Wildman–Crippen MR) is 388 cm³/mol. The second-order valence-electron chi connectivity index (χ2n) is 23.6. The van der Waals surface area contributed by atoms with Gasteiger partial charge in [0, 0.05) is 98.0 Å². The van der Waals surface area contributed by atoms with Crippen LogP contribution in [-0.2, 0) is 16.6 Å². The molecule has 0 amide bonds. The van der Waals surface area contributed by atoms with E-state index < -0.39 is 16.0 Å². The Morgan fingerprint density at radius 2 is 0.929 bits per heavy atom. The van der Waals surface area contributed by atoms with Gasteiger partial charge < -0.3 is 32.1 Å². The number of nitriles is 1. The minimum Gasteiger partial charge on any atom is -0.478 e. The maximum atomic E-state index is 12.4. The molecule has 5 fully saturated rings. The number of H-pyrrole nitrogens is 4. The third-order valence-electron chi connectivity index (χ3n) is 15.8. The molecule has 11 aromatic heterocycles. The molecule has 5 saturated carbocycles. The lowest BCUT2D eigenvalue weighted by molar-refractivity contribution is 0.0696. The smallest absolute Gasteiger partial charge is 0.335 e. The summed E-state index contributed by atoms with van der Waals surface area (Å²) in [4.78, 5) is 50.1. The summed E-state index contributed by atoms with van der Waals surface area (Å²) in [6.07, 6.45) is 17.5. The Bertz CT molecular complexity index is 5100. The Labute approximate surface area is 601 Å². The molecular formula is C64H63Cl4N23O4S4. The molecule has 0 bridgehead atoms. The molecule has 0 radical (unpaired) electrons. The van der Waals surface area contributed by atoms with E-state index in [4.69, 9.17) is 62.5 Å². The summed E-state index contributed by atoms with van der Waals surface area (Å²) in [6.45, 7) is 0.514. The highest BCUT2D eigenvalue weighted by Gasteiger charge is 2.31. The lowest BCUT2D eigenvalue weighted by Crippen LogP contribution is -2.24. The van der Waals surface area contributed by atoms with E-state index in [9.17, 15) is 13.2 Å². The first-order valence-electron chi connectivity index (χ1n) is 31.2. The van der Waals surface area contributed by atoms with Gasteiger partial charge in [-0.15, -0.1) is 34.0 Å². The summed E-state index contributed by atoms with van der Waals surface area (Å²) < 4.78 is 27.7. The van der Waals surface area contributed by atoms with Gasteiger partial charge in [-0.25, -0.2) is 57.8 Å². The highest BCUT2D eigenvalue weighted by atomic mass is 35.5. The molecule has 0 unspecified atom stereocenters. The Kier molecular flexibility index (Phi) is 19.8. The van der Waals surface area contributed by atoms with E-state index in [1.807, 2.05) is 42.5 Å². The summed E-state index contributed by atoms with van der Waals surface area (Å²) in [5.74, 6) is 7.85. The number of hydrogen-bond acceptors (Lipinski definition) is 24. The predicted octanol–water partition coefficient (Wildman–Crippen LogP) is 16.0. The number of nitrogens with zero attached hydrogens (tertiary/aromatic N) is 13. The molecule has 12 aromatic rings. The van der Waals surface area contributed by atoms with Crippen molar-refractivity contribution in [2.24, 2.45) is 5.73 Å². The highest BCUT2D eigenvalue weighted by Crippen LogP contribution is 2.44. The number of carbonyl (C=O) groups is 1. The van der Waals surface area contributed by atoms with Crippen LogP contribution in [-0.4, -0.2) is 106 Å². The van der Waals surface area contributed by atoms with Crippen LogP contribution in [0.3, 0.4) is 0 Å². The summed E-state index contributed by atoms with van der Waals surface area (Å²) in [5, 5.41) is 61.2. The zero-order valence-corrected chi connectivity index (χ0v) is 58.1. The number of sulfonamides is 1. The number of carboxylic acids is 1. The number of anilines is 8. The monoisotopic (exact) mass is 1490 g/mol. The average Bonchev–Trinajstić information content (AvgIpc) is 1.48. The third kappa shape index (κ3) is 17.0. The van der Waals surface area contributed by atoms with Crippen molar-refractivity contribution < 1.29 is 22.6 Å². The van der Waals surface area contributed by atoms with Crippen LogP contribution in [0.25, 0.3) is 43.5 Å². The Morgan fingerprint density at radius 1 is 0.535 bits per heavy atom. The van der Waals surface area contributed by atoms with Gasteiger partial charge in [0.25, 0.3) is 0 Å². The van der Waals surface area contributed by atoms with E-state index in [-0.39, 0.29) is 20.1 Å². The fraction of sp³-hybridized carbons (Fsp3) is 0.250. The number of benzene rings is 1. The molecule has 35 heteroatoms. The molecule has 17 rings (SSSR count). The minimum atomic E-state index is -3.49. The Hall–Kier alpha value is -9.33. The zero-order chi connectivity index (χ0) is 68.3. The molecule has 0 atom stereocenters. The van der Waals surface area contributed by atoms with Crippen LogP contribution in [0.4, 0.5) is 46.5 Å². The number of aromatic amines is 4. The number of halogens is 4. The van der Waals surface area contributed by atoms with Crippen molar-refractivity contribution >= 4 is 143 Å². The van der Waals surface area contributed by atoms with E-state index in [2.05, 4.69) is 113 Å². The standard InChI is InChI=1S/C17H17ClN6O2S2.C17H14ClN5O2.C15H15ClN6S.C15H11ClN6S.3H2/c18-11-8-19-17(13-5-6-15(27-13)28(25,26)24-10-3-4-10)21-16(11)20-14-7-12(22-23-14)9-1-2-9;18-12-8-19-15(10-2-1-3-11(6-10)17(24)25)21-16(12)20-14-7-13(22-23-14)9-4-5-9;2*16-10-7-18-15(12-4-3-9(6-17)23-12)20-14(10)19-13-5-11(21-22-13)8-1-2-8;;;/h5-10,24H,1-4H2,(H2,19,20,21,22,23);1-3,6-9H,4-5H2,(H,24,25)(H2,19,20,21,22,23);3-5,7-8H,1-2,6,17H2,(H2,18,19,20,21,22);3-5,7-8H,1-2H2,(H2,18,19,20,21,22);3*1H. The SMILES string of the molecule is N#Cc1ccc(-c2ncc(Cl)c(Nc3cc(C4CC4)[nH]n3)n2)s1.NCc1ccc(-c2ncc(Cl)c(Nc3cc(C4CC4)[nH]n3)n2)s1.O=C(O)c1cccc(-c2ncc(Cl)c(Nc3cc(C4CC4)[nH]n3)n2)c1.O=S(=O)(NC1CC1)c1ccc(-c2ncc(Cl)c(Nc3cc(C4CC4)[nH]n3)n2)s1.[HH].[HH].[HH]. The normalized spacial score (nSPS) is 14.7. The molecule has 0 aliphatic heterocycles. The fourth-order valence-electron chi connectivity index (χ4n) is 9.80. The fourth-order valence-corrected chi connectivity index (χ4v) is 14.5. The largest absolute Gasteiger partial charge is 0.478 e. The van der Waals surface area contributed by atoms with Crippen LogP contribution < -0.4 is 31.7 Å². The molecule has 510 valence electrons. The second kappa shape index (κ2) is 29.2. The van der Waals surface area contributed by atoms with E-state index in [1.165, 1.54) is 87.2 Å². The maximum absolute atomic E-state index is 12.4. The van der Waals surface area contributed by atoms with Gasteiger partial charge >= 0.3 is 5.97 Å². The van der Waals surface area contributed by atoms with E-state index in [0.717, 1.165) is 61.6 Å². The van der Waals surface area contributed by atoms with Gasteiger partial charge in [0.05, 0.1) is 45.0 Å². The third-order valence-corrected chi connectivity index (χ3v) is 22.1. The average molecular weight is 1490 g/mol. The van der Waals surface area contributed by atoms with Crippen molar-refractivity contribution in [2.45, 2.75) is 105 Å². The maximum Gasteiger partial charge on any atom is 0.335 e. The van der Waals surface area contributed by atoms with Gasteiger partial charge in [-0.05, 0) is 113 Å². The summed E-state index contributed by atoms with van der Waals surface area (Å²) in [5.41, 5.74) is 10.9. The van der Waals surface area contributed by atoms with Crippen molar-refractivity contribution in [3.8, 4) is 49.6 Å². The molecule has 0 saturated heterocycles. The van der Waals surface area contributed by atoms with Crippen LogP contribution in [0.1, 0.15) is 135 Å². The molecular weight excluding hydrogens is 1420 g/mol. The van der Waals surface area contributed by atoms with Gasteiger partial charge in [0.2, 0.25) is 10.0 Å². The van der Waals surface area contributed by atoms with Gasteiger partial charge in [0.1, 0.15) is 35.2 Å². The number of nitrogens with one attached hydrogen (secondary N) is 9. The minimum absolute atomic E-state index is 0.